The van der Waals surface area contributed by atoms with Crippen LogP contribution in [0.4, 0.5) is 0 Å². The number of Topliss-reactive ketones (excluding diaryl/α,β-unsaturated/α-hetero) is 1. The van der Waals surface area contributed by atoms with Gasteiger partial charge in [-0.2, -0.15) is 0 Å². The van der Waals surface area contributed by atoms with Crippen LogP contribution >= 0.6 is 0 Å². The van der Waals surface area contributed by atoms with E-state index < -0.39 is 0 Å². The molecule has 0 radical (unpaired) electrons. The molecular formula is C13H22N2O. The number of carbonyl (C=O) groups excluding carboxylic acids is 1. The summed E-state index contributed by atoms with van der Waals surface area (Å²) in [7, 11) is 2.20. The summed E-state index contributed by atoms with van der Waals surface area (Å²) in [5.41, 5.74) is 0. The van der Waals surface area contributed by atoms with E-state index in [1.807, 2.05) is 0 Å². The van der Waals surface area contributed by atoms with Crippen molar-refractivity contribution in [3.63, 3.8) is 0 Å². The van der Waals surface area contributed by atoms with Gasteiger partial charge < -0.3 is 10.2 Å². The maximum Gasteiger partial charge on any atom is 0.139 e. The monoisotopic (exact) mass is 222 g/mol. The Balaban J connectivity index is 1.66. The number of nitrogens with zero attached hydrogens (tertiary/aromatic N) is 1. The van der Waals surface area contributed by atoms with Crippen molar-refractivity contribution in [2.24, 2.45) is 5.92 Å². The predicted octanol–water partition coefficient (Wildman–Crippen LogP) is 1.18. The summed E-state index contributed by atoms with van der Waals surface area (Å²) >= 11 is 0. The van der Waals surface area contributed by atoms with E-state index in [1.165, 1.54) is 32.2 Å². The first-order valence-corrected chi connectivity index (χ1v) is 6.73. The Morgan fingerprint density at radius 2 is 2.25 bits per heavy atom. The molecule has 3 heterocycles. The second kappa shape index (κ2) is 4.11. The Morgan fingerprint density at radius 3 is 3.00 bits per heavy atom. The lowest BCUT2D eigenvalue weighted by atomic mass is 9.85. The van der Waals surface area contributed by atoms with Crippen molar-refractivity contribution >= 4 is 5.78 Å². The van der Waals surface area contributed by atoms with Gasteiger partial charge >= 0.3 is 0 Å². The second-order valence-electron chi connectivity index (χ2n) is 5.84. The molecule has 2 bridgehead atoms. The minimum Gasteiger partial charge on any atom is -0.310 e. The smallest absolute Gasteiger partial charge is 0.139 e. The number of hydrogen-bond donors (Lipinski definition) is 1. The summed E-state index contributed by atoms with van der Waals surface area (Å²) in [4.78, 5) is 14.5. The normalized spacial score (nSPS) is 44.2. The molecule has 0 amide bonds. The molecule has 3 saturated heterocycles. The summed E-state index contributed by atoms with van der Waals surface area (Å²) in [5.74, 6) is 0.843. The van der Waals surface area contributed by atoms with E-state index in [4.69, 9.17) is 0 Å². The summed E-state index contributed by atoms with van der Waals surface area (Å²) < 4.78 is 0. The minimum atomic E-state index is 0.310. The van der Waals surface area contributed by atoms with Crippen LogP contribution in [0.1, 0.15) is 38.5 Å². The molecule has 3 rings (SSSR count). The third kappa shape index (κ3) is 1.80. The van der Waals surface area contributed by atoms with Gasteiger partial charge in [0.25, 0.3) is 0 Å². The number of hydrogen-bond acceptors (Lipinski definition) is 3. The molecule has 1 N–H and O–H groups in total. The van der Waals surface area contributed by atoms with E-state index in [0.717, 1.165) is 12.8 Å². The molecule has 0 saturated carbocycles. The highest BCUT2D eigenvalue weighted by atomic mass is 16.1. The van der Waals surface area contributed by atoms with Crippen molar-refractivity contribution in [3.8, 4) is 0 Å². The lowest BCUT2D eigenvalue weighted by molar-refractivity contribution is -0.126. The Hall–Kier alpha value is -0.410. The van der Waals surface area contributed by atoms with Gasteiger partial charge in [0.1, 0.15) is 5.78 Å². The minimum absolute atomic E-state index is 0.310. The molecule has 16 heavy (non-hydrogen) atoms. The maximum absolute atomic E-state index is 12.1. The van der Waals surface area contributed by atoms with Crippen molar-refractivity contribution in [2.45, 2.75) is 56.7 Å². The van der Waals surface area contributed by atoms with Gasteiger partial charge in [0.15, 0.2) is 0 Å². The first kappa shape index (κ1) is 10.7. The first-order chi connectivity index (χ1) is 7.74. The fourth-order valence-electron chi connectivity index (χ4n) is 3.81. The molecule has 3 nitrogen and oxygen atoms in total. The van der Waals surface area contributed by atoms with Gasteiger partial charge in [-0.1, -0.05) is 0 Å². The van der Waals surface area contributed by atoms with Crippen molar-refractivity contribution in [3.05, 3.63) is 0 Å². The van der Waals surface area contributed by atoms with Gasteiger partial charge in [-0.3, -0.25) is 4.79 Å². The van der Waals surface area contributed by atoms with Crippen LogP contribution in [-0.2, 0) is 4.79 Å². The number of ketones is 1. The third-order valence-corrected chi connectivity index (χ3v) is 4.82. The summed E-state index contributed by atoms with van der Waals surface area (Å²) in [6, 6.07) is 1.67. The highest BCUT2D eigenvalue weighted by Crippen LogP contribution is 2.34. The highest BCUT2D eigenvalue weighted by molar-refractivity contribution is 5.83. The van der Waals surface area contributed by atoms with Gasteiger partial charge in [-0.25, -0.2) is 0 Å². The number of piperidine rings is 1. The van der Waals surface area contributed by atoms with Crippen LogP contribution in [0, 0.1) is 5.92 Å². The highest BCUT2D eigenvalue weighted by Gasteiger charge is 2.42. The SMILES string of the molecule is CN1CCCC1CC1C(=O)CC2CCC1N2. The zero-order valence-corrected chi connectivity index (χ0v) is 10.1. The molecular weight excluding hydrogens is 200 g/mol. The molecule has 3 aliphatic rings. The zero-order chi connectivity index (χ0) is 11.1. The number of nitrogens with one attached hydrogen (secondary N) is 1. The summed E-state index contributed by atoms with van der Waals surface area (Å²) in [6.45, 7) is 1.21. The van der Waals surface area contributed by atoms with E-state index in [1.54, 1.807) is 0 Å². The Labute approximate surface area is 97.6 Å². The van der Waals surface area contributed by atoms with Crippen LogP contribution in [0.3, 0.4) is 0 Å². The number of carbonyl (C=O) groups is 1. The van der Waals surface area contributed by atoms with Crippen LogP contribution in [0.15, 0.2) is 0 Å². The van der Waals surface area contributed by atoms with Crippen molar-refractivity contribution < 1.29 is 4.79 Å². The first-order valence-electron chi connectivity index (χ1n) is 6.73. The van der Waals surface area contributed by atoms with Gasteiger partial charge in [0.2, 0.25) is 0 Å². The standard InChI is InChI=1S/C13H22N2O/c1-15-6-2-3-10(15)8-11-12-5-4-9(14-12)7-13(11)16/h9-12,14H,2-8H2,1H3. The Morgan fingerprint density at radius 1 is 1.38 bits per heavy atom. The molecule has 0 aromatic rings. The quantitative estimate of drug-likeness (QED) is 0.761. The number of likely N-dealkylation sites (tertiary alicyclic amines) is 1. The summed E-state index contributed by atoms with van der Waals surface area (Å²) in [5, 5.41) is 3.62. The predicted molar refractivity (Wildman–Crippen MR) is 63.3 cm³/mol. The average Bonchev–Trinajstić information content (AvgIpc) is 2.81. The van der Waals surface area contributed by atoms with Crippen LogP contribution in [-0.4, -0.2) is 42.4 Å². The average molecular weight is 222 g/mol. The van der Waals surface area contributed by atoms with Crippen LogP contribution < -0.4 is 5.32 Å². The van der Waals surface area contributed by atoms with E-state index in [0.29, 0.717) is 29.8 Å². The summed E-state index contributed by atoms with van der Waals surface area (Å²) in [6.07, 6.45) is 6.92. The Bertz CT molecular complexity index is 292. The van der Waals surface area contributed by atoms with Crippen molar-refractivity contribution in [1.29, 1.82) is 0 Å². The van der Waals surface area contributed by atoms with Crippen LogP contribution in [0.5, 0.6) is 0 Å². The van der Waals surface area contributed by atoms with Gasteiger partial charge in [-0.15, -0.1) is 0 Å². The van der Waals surface area contributed by atoms with E-state index in [9.17, 15) is 4.79 Å². The fourth-order valence-corrected chi connectivity index (χ4v) is 3.81. The lowest BCUT2D eigenvalue weighted by Gasteiger charge is -2.32. The number of rotatable bonds is 2. The molecule has 3 fully saturated rings. The van der Waals surface area contributed by atoms with Crippen LogP contribution in [0.2, 0.25) is 0 Å². The molecule has 0 aromatic heterocycles. The van der Waals surface area contributed by atoms with E-state index in [-0.39, 0.29) is 0 Å². The van der Waals surface area contributed by atoms with Gasteiger partial charge in [0, 0.05) is 30.5 Å². The van der Waals surface area contributed by atoms with Crippen molar-refractivity contribution in [1.82, 2.24) is 10.2 Å². The van der Waals surface area contributed by atoms with Crippen molar-refractivity contribution in [2.75, 3.05) is 13.6 Å². The molecule has 0 aromatic carbocycles. The molecule has 4 unspecified atom stereocenters. The topological polar surface area (TPSA) is 32.3 Å². The zero-order valence-electron chi connectivity index (χ0n) is 10.1. The van der Waals surface area contributed by atoms with Crippen LogP contribution in [0.25, 0.3) is 0 Å². The number of fused-ring (bicyclic) bond motifs is 2. The molecule has 0 spiro atoms. The largest absolute Gasteiger partial charge is 0.310 e. The second-order valence-corrected chi connectivity index (χ2v) is 5.84. The maximum atomic E-state index is 12.1. The molecule has 0 aliphatic carbocycles. The third-order valence-electron chi connectivity index (χ3n) is 4.82. The fraction of sp³-hybridized carbons (Fsp3) is 0.923. The lowest BCUT2D eigenvalue weighted by Crippen LogP contribution is -2.47. The molecule has 4 atom stereocenters. The molecule has 3 aliphatic heterocycles. The van der Waals surface area contributed by atoms with Gasteiger partial charge in [0.05, 0.1) is 0 Å². The van der Waals surface area contributed by atoms with E-state index >= 15 is 0 Å². The molecule has 3 heteroatoms. The van der Waals surface area contributed by atoms with Gasteiger partial charge in [-0.05, 0) is 45.7 Å². The molecule has 90 valence electrons. The Kier molecular flexibility index (Phi) is 2.76. The van der Waals surface area contributed by atoms with E-state index in [2.05, 4.69) is 17.3 Å².